The zero-order chi connectivity index (χ0) is 13.9. The summed E-state index contributed by atoms with van der Waals surface area (Å²) in [5.41, 5.74) is 0. The Morgan fingerprint density at radius 1 is 0.850 bits per heavy atom. The molecule has 4 heteroatoms. The molecule has 3 aliphatic heterocycles. The van der Waals surface area contributed by atoms with Crippen molar-refractivity contribution in [1.82, 2.24) is 14.7 Å². The number of nitrogens with zero attached hydrogens (tertiary/aromatic N) is 3. The highest BCUT2D eigenvalue weighted by Gasteiger charge is 2.36. The van der Waals surface area contributed by atoms with Gasteiger partial charge >= 0.3 is 6.03 Å². The van der Waals surface area contributed by atoms with Gasteiger partial charge in [0, 0.05) is 32.2 Å². The molecule has 0 aromatic carbocycles. The van der Waals surface area contributed by atoms with Gasteiger partial charge in [-0.3, -0.25) is 0 Å². The maximum absolute atomic E-state index is 12.7. The summed E-state index contributed by atoms with van der Waals surface area (Å²) in [4.78, 5) is 19.5. The molecule has 0 aromatic heterocycles. The lowest BCUT2D eigenvalue weighted by molar-refractivity contribution is 0.0436. The molecule has 0 saturated carbocycles. The van der Waals surface area contributed by atoms with Crippen LogP contribution in [0.4, 0.5) is 4.79 Å². The second kappa shape index (κ2) is 6.33. The molecule has 0 radical (unpaired) electrons. The van der Waals surface area contributed by atoms with Crippen LogP contribution >= 0.6 is 0 Å². The molecule has 2 unspecified atom stereocenters. The molecule has 20 heavy (non-hydrogen) atoms. The molecule has 2 atom stereocenters. The van der Waals surface area contributed by atoms with Crippen molar-refractivity contribution in [2.24, 2.45) is 5.92 Å². The Balaban J connectivity index is 1.59. The third-order valence-corrected chi connectivity index (χ3v) is 5.49. The lowest BCUT2D eigenvalue weighted by Crippen LogP contribution is -2.56. The van der Waals surface area contributed by atoms with E-state index >= 15 is 0 Å². The fourth-order valence-corrected chi connectivity index (χ4v) is 4.29. The number of urea groups is 1. The quantitative estimate of drug-likeness (QED) is 0.681. The molecule has 0 bridgehead atoms. The fourth-order valence-electron chi connectivity index (χ4n) is 4.29. The van der Waals surface area contributed by atoms with Crippen molar-refractivity contribution in [3.63, 3.8) is 0 Å². The highest BCUT2D eigenvalue weighted by Crippen LogP contribution is 2.30. The molecule has 3 saturated heterocycles. The maximum atomic E-state index is 12.7. The van der Waals surface area contributed by atoms with Crippen LogP contribution in [0.2, 0.25) is 0 Å². The molecule has 2 amide bonds. The molecule has 3 aliphatic rings. The van der Waals surface area contributed by atoms with Gasteiger partial charge < -0.3 is 14.7 Å². The topological polar surface area (TPSA) is 26.8 Å². The number of piperidine rings is 2. The molecule has 3 heterocycles. The maximum Gasteiger partial charge on any atom is 0.320 e. The number of carbonyl (C=O) groups is 1. The number of carbonyl (C=O) groups excluding carboxylic acids is 1. The largest absolute Gasteiger partial charge is 0.325 e. The Bertz CT molecular complexity index is 339. The van der Waals surface area contributed by atoms with E-state index in [4.69, 9.17) is 0 Å². The second-order valence-corrected chi connectivity index (χ2v) is 6.87. The van der Waals surface area contributed by atoms with E-state index in [0.29, 0.717) is 11.9 Å². The number of hydrogen-bond acceptors (Lipinski definition) is 2. The van der Waals surface area contributed by atoms with Crippen LogP contribution in [-0.4, -0.2) is 66.5 Å². The summed E-state index contributed by atoms with van der Waals surface area (Å²) in [7, 11) is 2.25. The Morgan fingerprint density at radius 2 is 1.60 bits per heavy atom. The molecular weight excluding hydrogens is 250 g/mol. The van der Waals surface area contributed by atoms with Crippen LogP contribution in [0.15, 0.2) is 0 Å². The van der Waals surface area contributed by atoms with E-state index in [0.717, 1.165) is 32.2 Å². The predicted molar refractivity (Wildman–Crippen MR) is 80.8 cm³/mol. The van der Waals surface area contributed by atoms with Gasteiger partial charge in [-0.25, -0.2) is 4.79 Å². The Hall–Kier alpha value is -0.770. The van der Waals surface area contributed by atoms with E-state index in [-0.39, 0.29) is 0 Å². The molecule has 0 aromatic rings. The summed E-state index contributed by atoms with van der Waals surface area (Å²) < 4.78 is 0. The lowest BCUT2D eigenvalue weighted by atomic mass is 9.84. The zero-order valence-corrected chi connectivity index (χ0v) is 12.9. The molecule has 114 valence electrons. The SMILES string of the molecule is CN1CCCC2CN(C(=O)N3CCCCCC3)CCC21. The summed E-state index contributed by atoms with van der Waals surface area (Å²) in [5, 5.41) is 0. The Morgan fingerprint density at radius 3 is 2.35 bits per heavy atom. The molecule has 3 fully saturated rings. The van der Waals surface area contributed by atoms with Gasteiger partial charge in [-0.05, 0) is 51.6 Å². The van der Waals surface area contributed by atoms with Gasteiger partial charge in [-0.2, -0.15) is 0 Å². The van der Waals surface area contributed by atoms with Gasteiger partial charge in [0.05, 0.1) is 0 Å². The van der Waals surface area contributed by atoms with E-state index < -0.39 is 0 Å². The van der Waals surface area contributed by atoms with Crippen LogP contribution in [0, 0.1) is 5.92 Å². The molecular formula is C16H29N3O. The normalized spacial score (nSPS) is 32.6. The first-order chi connectivity index (χ1) is 9.75. The number of rotatable bonds is 0. The minimum absolute atomic E-state index is 0.318. The minimum Gasteiger partial charge on any atom is -0.325 e. The van der Waals surface area contributed by atoms with Crippen molar-refractivity contribution in [3.8, 4) is 0 Å². The van der Waals surface area contributed by atoms with Gasteiger partial charge in [-0.15, -0.1) is 0 Å². The first kappa shape index (κ1) is 14.2. The highest BCUT2D eigenvalue weighted by atomic mass is 16.2. The van der Waals surface area contributed by atoms with Crippen LogP contribution in [0.25, 0.3) is 0 Å². The number of hydrogen-bond donors (Lipinski definition) is 0. The van der Waals surface area contributed by atoms with Gasteiger partial charge in [0.25, 0.3) is 0 Å². The number of amides is 2. The standard InChI is InChI=1S/C16H29N3O/c1-17-9-6-7-14-13-19(12-8-15(14)17)16(20)18-10-4-2-3-5-11-18/h14-15H,2-13H2,1H3. The van der Waals surface area contributed by atoms with Crippen molar-refractivity contribution >= 4 is 6.03 Å². The van der Waals surface area contributed by atoms with Gasteiger partial charge in [-0.1, -0.05) is 12.8 Å². The smallest absolute Gasteiger partial charge is 0.320 e. The van der Waals surface area contributed by atoms with Crippen molar-refractivity contribution in [2.75, 3.05) is 39.8 Å². The van der Waals surface area contributed by atoms with Gasteiger partial charge in [0.1, 0.15) is 0 Å². The Kier molecular flexibility index (Phi) is 4.49. The third kappa shape index (κ3) is 2.95. The summed E-state index contributed by atoms with van der Waals surface area (Å²) in [6, 6.07) is 1.04. The van der Waals surface area contributed by atoms with Crippen molar-refractivity contribution < 1.29 is 4.79 Å². The molecule has 0 N–H and O–H groups in total. The summed E-state index contributed by atoms with van der Waals surface area (Å²) in [5.74, 6) is 0.707. The van der Waals surface area contributed by atoms with E-state index in [1.807, 2.05) is 0 Å². The van der Waals surface area contributed by atoms with E-state index in [1.54, 1.807) is 0 Å². The second-order valence-electron chi connectivity index (χ2n) is 6.87. The molecule has 4 nitrogen and oxygen atoms in total. The van der Waals surface area contributed by atoms with Crippen molar-refractivity contribution in [3.05, 3.63) is 0 Å². The average Bonchev–Trinajstić information content (AvgIpc) is 2.75. The zero-order valence-electron chi connectivity index (χ0n) is 12.9. The van der Waals surface area contributed by atoms with Gasteiger partial charge in [0.15, 0.2) is 0 Å². The molecule has 0 spiro atoms. The minimum atomic E-state index is 0.318. The lowest BCUT2D eigenvalue weighted by Gasteiger charge is -2.46. The summed E-state index contributed by atoms with van der Waals surface area (Å²) >= 11 is 0. The van der Waals surface area contributed by atoms with Gasteiger partial charge in [0.2, 0.25) is 0 Å². The van der Waals surface area contributed by atoms with E-state index in [1.165, 1.54) is 51.5 Å². The monoisotopic (exact) mass is 279 g/mol. The van der Waals surface area contributed by atoms with Crippen LogP contribution in [-0.2, 0) is 0 Å². The predicted octanol–water partition coefficient (Wildman–Crippen LogP) is 2.40. The van der Waals surface area contributed by atoms with Crippen molar-refractivity contribution in [1.29, 1.82) is 0 Å². The van der Waals surface area contributed by atoms with Crippen LogP contribution in [0.3, 0.4) is 0 Å². The third-order valence-electron chi connectivity index (χ3n) is 5.49. The highest BCUT2D eigenvalue weighted by molar-refractivity contribution is 5.74. The summed E-state index contributed by atoms with van der Waals surface area (Å²) in [6.45, 7) is 5.14. The number of fused-ring (bicyclic) bond motifs is 1. The van der Waals surface area contributed by atoms with E-state index in [2.05, 4.69) is 21.7 Å². The fraction of sp³-hybridized carbons (Fsp3) is 0.938. The van der Waals surface area contributed by atoms with E-state index in [9.17, 15) is 4.79 Å². The van der Waals surface area contributed by atoms with Crippen molar-refractivity contribution in [2.45, 2.75) is 51.0 Å². The molecule has 3 rings (SSSR count). The molecule has 0 aliphatic carbocycles. The average molecular weight is 279 g/mol. The van der Waals surface area contributed by atoms with Crippen LogP contribution < -0.4 is 0 Å². The Labute approximate surface area is 123 Å². The first-order valence-corrected chi connectivity index (χ1v) is 8.50. The summed E-state index contributed by atoms with van der Waals surface area (Å²) in [6.07, 6.45) is 8.73. The first-order valence-electron chi connectivity index (χ1n) is 8.50. The number of likely N-dealkylation sites (tertiary alicyclic amines) is 3. The van der Waals surface area contributed by atoms with Crippen LogP contribution in [0.1, 0.15) is 44.9 Å². The van der Waals surface area contributed by atoms with Crippen LogP contribution in [0.5, 0.6) is 0 Å².